The Hall–Kier alpha value is -1.34. The first kappa shape index (κ1) is 7.76. The van der Waals surface area contributed by atoms with Crippen molar-refractivity contribution in [3.8, 4) is 6.07 Å². The van der Waals surface area contributed by atoms with Gasteiger partial charge in [0.05, 0.1) is 18.8 Å². The molecule has 0 amide bonds. The van der Waals surface area contributed by atoms with E-state index in [1.807, 2.05) is 19.2 Å². The molecule has 4 nitrogen and oxygen atoms in total. The highest BCUT2D eigenvalue weighted by molar-refractivity contribution is 5.00. The maximum absolute atomic E-state index is 8.39. The van der Waals surface area contributed by atoms with Crippen molar-refractivity contribution < 1.29 is 0 Å². The molecule has 0 aliphatic carbocycles. The smallest absolute Gasteiger partial charge is 0.113 e. The van der Waals surface area contributed by atoms with Crippen molar-refractivity contribution in [3.05, 3.63) is 18.0 Å². The highest BCUT2D eigenvalue weighted by atomic mass is 15.3. The molecule has 0 fully saturated rings. The largest absolute Gasteiger partial charge is 0.314 e. The Morgan fingerprint density at radius 3 is 3.09 bits per heavy atom. The standard InChI is InChI=1S/C7H10N4/c1-6-3-10-11(4-6)5-7(9)2-8/h3-4,7H,5,9H2,1H3. The van der Waals surface area contributed by atoms with Gasteiger partial charge in [0.25, 0.3) is 0 Å². The maximum atomic E-state index is 8.39. The Morgan fingerprint density at radius 2 is 2.64 bits per heavy atom. The lowest BCUT2D eigenvalue weighted by Gasteiger charge is -2.00. The minimum absolute atomic E-state index is 0.463. The predicted molar refractivity (Wildman–Crippen MR) is 40.6 cm³/mol. The molecule has 4 heteroatoms. The summed E-state index contributed by atoms with van der Waals surface area (Å²) < 4.78 is 1.67. The van der Waals surface area contributed by atoms with Gasteiger partial charge < -0.3 is 5.73 Å². The number of rotatable bonds is 2. The van der Waals surface area contributed by atoms with Crippen molar-refractivity contribution in [1.29, 1.82) is 5.26 Å². The first-order valence-electron chi connectivity index (χ1n) is 3.36. The van der Waals surface area contributed by atoms with E-state index in [0.717, 1.165) is 5.56 Å². The van der Waals surface area contributed by atoms with E-state index in [0.29, 0.717) is 6.54 Å². The molecule has 0 saturated heterocycles. The van der Waals surface area contributed by atoms with Gasteiger partial charge in [0, 0.05) is 6.20 Å². The summed E-state index contributed by atoms with van der Waals surface area (Å²) in [5, 5.41) is 12.4. The first-order chi connectivity index (χ1) is 5.22. The summed E-state index contributed by atoms with van der Waals surface area (Å²) >= 11 is 0. The van der Waals surface area contributed by atoms with Crippen LogP contribution in [0.1, 0.15) is 5.56 Å². The minimum Gasteiger partial charge on any atom is -0.314 e. The van der Waals surface area contributed by atoms with Crippen LogP contribution < -0.4 is 5.73 Å². The van der Waals surface area contributed by atoms with Crippen LogP contribution in [0, 0.1) is 18.3 Å². The number of hydrogen-bond acceptors (Lipinski definition) is 3. The molecule has 2 N–H and O–H groups in total. The minimum atomic E-state index is -0.464. The summed E-state index contributed by atoms with van der Waals surface area (Å²) in [6, 6.07) is 1.48. The van der Waals surface area contributed by atoms with E-state index in [9.17, 15) is 0 Å². The third-order valence-corrected chi connectivity index (χ3v) is 1.31. The molecule has 0 aliphatic heterocycles. The molecule has 0 radical (unpaired) electrons. The third-order valence-electron chi connectivity index (χ3n) is 1.31. The van der Waals surface area contributed by atoms with E-state index in [1.165, 1.54) is 0 Å². The highest BCUT2D eigenvalue weighted by Gasteiger charge is 2.00. The third kappa shape index (κ3) is 2.06. The van der Waals surface area contributed by atoms with Gasteiger partial charge in [0.1, 0.15) is 6.04 Å². The number of nitrogens with zero attached hydrogens (tertiary/aromatic N) is 3. The second kappa shape index (κ2) is 3.17. The second-order valence-corrected chi connectivity index (χ2v) is 2.48. The number of aromatic nitrogens is 2. The molecule has 58 valence electrons. The topological polar surface area (TPSA) is 67.6 Å². The molecule has 0 bridgehead atoms. The average Bonchev–Trinajstić information content (AvgIpc) is 2.35. The lowest BCUT2D eigenvalue weighted by atomic mass is 10.3. The Labute approximate surface area is 65.2 Å². The van der Waals surface area contributed by atoms with Crippen LogP contribution in [0.25, 0.3) is 0 Å². The summed E-state index contributed by atoms with van der Waals surface area (Å²) in [5.74, 6) is 0. The van der Waals surface area contributed by atoms with E-state index >= 15 is 0 Å². The zero-order valence-electron chi connectivity index (χ0n) is 6.36. The average molecular weight is 150 g/mol. The van der Waals surface area contributed by atoms with Crippen molar-refractivity contribution >= 4 is 0 Å². The number of hydrogen-bond donors (Lipinski definition) is 1. The summed E-state index contributed by atoms with van der Waals surface area (Å²) in [7, 11) is 0. The van der Waals surface area contributed by atoms with Crippen LogP contribution in [0.3, 0.4) is 0 Å². The molecule has 0 spiro atoms. The Bertz CT molecular complexity index is 270. The van der Waals surface area contributed by atoms with Gasteiger partial charge >= 0.3 is 0 Å². The summed E-state index contributed by atoms with van der Waals surface area (Å²) in [4.78, 5) is 0. The van der Waals surface area contributed by atoms with Gasteiger partial charge in [-0.3, -0.25) is 4.68 Å². The van der Waals surface area contributed by atoms with E-state index in [2.05, 4.69) is 5.10 Å². The zero-order valence-corrected chi connectivity index (χ0v) is 6.36. The Kier molecular flexibility index (Phi) is 2.24. The molecule has 0 aromatic carbocycles. The summed E-state index contributed by atoms with van der Waals surface area (Å²) in [6.45, 7) is 2.41. The van der Waals surface area contributed by atoms with Gasteiger partial charge in [-0.15, -0.1) is 0 Å². The predicted octanol–water partition coefficient (Wildman–Crippen LogP) is 0.0424. The van der Waals surface area contributed by atoms with Crippen molar-refractivity contribution in [3.63, 3.8) is 0 Å². The number of aryl methyl sites for hydroxylation is 1. The van der Waals surface area contributed by atoms with E-state index in [1.54, 1.807) is 10.9 Å². The molecular weight excluding hydrogens is 140 g/mol. The molecule has 1 atom stereocenters. The van der Waals surface area contributed by atoms with Crippen molar-refractivity contribution in [1.82, 2.24) is 9.78 Å². The van der Waals surface area contributed by atoms with E-state index < -0.39 is 6.04 Å². The van der Waals surface area contributed by atoms with Gasteiger partial charge in [-0.05, 0) is 12.5 Å². The van der Waals surface area contributed by atoms with Crippen LogP contribution in [0.4, 0.5) is 0 Å². The van der Waals surface area contributed by atoms with Crippen molar-refractivity contribution in [2.24, 2.45) is 5.73 Å². The Balaban J connectivity index is 2.59. The van der Waals surface area contributed by atoms with Crippen LogP contribution in [0.2, 0.25) is 0 Å². The molecule has 1 unspecified atom stereocenters. The molecule has 1 aromatic rings. The number of nitrogens with two attached hydrogens (primary N) is 1. The van der Waals surface area contributed by atoms with E-state index in [-0.39, 0.29) is 0 Å². The van der Waals surface area contributed by atoms with Gasteiger partial charge in [0.15, 0.2) is 0 Å². The molecule has 1 aromatic heterocycles. The van der Waals surface area contributed by atoms with Gasteiger partial charge in [-0.1, -0.05) is 0 Å². The van der Waals surface area contributed by atoms with Crippen LogP contribution in [-0.4, -0.2) is 15.8 Å². The van der Waals surface area contributed by atoms with Gasteiger partial charge in [-0.25, -0.2) is 0 Å². The quantitative estimate of drug-likeness (QED) is 0.647. The molecule has 1 rings (SSSR count). The summed E-state index contributed by atoms with van der Waals surface area (Å²) in [5.41, 5.74) is 6.47. The first-order valence-corrected chi connectivity index (χ1v) is 3.36. The van der Waals surface area contributed by atoms with Gasteiger partial charge in [-0.2, -0.15) is 10.4 Å². The van der Waals surface area contributed by atoms with Crippen LogP contribution in [0.5, 0.6) is 0 Å². The van der Waals surface area contributed by atoms with Crippen LogP contribution in [0.15, 0.2) is 12.4 Å². The number of nitriles is 1. The molecule has 0 aliphatic rings. The SMILES string of the molecule is Cc1cnn(CC(N)C#N)c1. The summed E-state index contributed by atoms with van der Waals surface area (Å²) in [6.07, 6.45) is 3.60. The lowest BCUT2D eigenvalue weighted by molar-refractivity contribution is 0.574. The maximum Gasteiger partial charge on any atom is 0.113 e. The van der Waals surface area contributed by atoms with Crippen molar-refractivity contribution in [2.75, 3.05) is 0 Å². The Morgan fingerprint density at radius 1 is 1.91 bits per heavy atom. The highest BCUT2D eigenvalue weighted by Crippen LogP contribution is 1.94. The second-order valence-electron chi connectivity index (χ2n) is 2.48. The normalized spacial score (nSPS) is 12.5. The van der Waals surface area contributed by atoms with Gasteiger partial charge in [0.2, 0.25) is 0 Å². The van der Waals surface area contributed by atoms with Crippen LogP contribution in [-0.2, 0) is 6.54 Å². The fourth-order valence-corrected chi connectivity index (χ4v) is 0.809. The fraction of sp³-hybridized carbons (Fsp3) is 0.429. The van der Waals surface area contributed by atoms with Crippen molar-refractivity contribution in [2.45, 2.75) is 19.5 Å². The zero-order chi connectivity index (χ0) is 8.27. The van der Waals surface area contributed by atoms with Crippen LogP contribution >= 0.6 is 0 Å². The fourth-order valence-electron chi connectivity index (χ4n) is 0.809. The lowest BCUT2D eigenvalue weighted by Crippen LogP contribution is -2.24. The molecular formula is C7H10N4. The molecule has 11 heavy (non-hydrogen) atoms. The van der Waals surface area contributed by atoms with E-state index in [4.69, 9.17) is 11.0 Å². The molecule has 0 saturated carbocycles. The monoisotopic (exact) mass is 150 g/mol. The molecule has 1 heterocycles.